The number of hydrogen-bond donors (Lipinski definition) is 2. The van der Waals surface area contributed by atoms with Crippen LogP contribution in [0.4, 0.5) is 36.6 Å². The molecule has 0 amide bonds. The lowest BCUT2D eigenvalue weighted by Crippen LogP contribution is -2.21. The van der Waals surface area contributed by atoms with E-state index < -0.39 is 29.7 Å². The molecule has 0 bridgehead atoms. The molecule has 0 saturated carbocycles. The Morgan fingerprint density at radius 3 is 2.16 bits per heavy atom. The van der Waals surface area contributed by atoms with Crippen molar-refractivity contribution in [1.29, 1.82) is 5.26 Å². The van der Waals surface area contributed by atoms with Crippen molar-refractivity contribution >= 4 is 11.8 Å². The van der Waals surface area contributed by atoms with Crippen molar-refractivity contribution in [2.75, 3.05) is 5.73 Å². The number of anilines is 1. The minimum atomic E-state index is -5.08. The molecule has 13 heteroatoms. The minimum absolute atomic E-state index is 0.0348. The van der Waals surface area contributed by atoms with Gasteiger partial charge < -0.3 is 15.3 Å². The first-order chi connectivity index (χ1) is 14.8. The first-order valence-corrected chi connectivity index (χ1v) is 8.17. The van der Waals surface area contributed by atoms with E-state index in [0.717, 1.165) is 12.1 Å². The third-order valence-electron chi connectivity index (χ3n) is 3.76. The van der Waals surface area contributed by atoms with E-state index in [1.807, 2.05) is 0 Å². The second-order valence-corrected chi connectivity index (χ2v) is 5.90. The van der Waals surface area contributed by atoms with Gasteiger partial charge >= 0.3 is 18.3 Å². The molecule has 2 aromatic heterocycles. The van der Waals surface area contributed by atoms with E-state index in [-0.39, 0.29) is 28.2 Å². The van der Waals surface area contributed by atoms with Crippen LogP contribution in [0.3, 0.4) is 0 Å². The molecule has 0 aliphatic carbocycles. The summed E-state index contributed by atoms with van der Waals surface area (Å²) in [5, 5.41) is 16.4. The van der Waals surface area contributed by atoms with Crippen LogP contribution in [-0.4, -0.2) is 22.2 Å². The number of nitrogens with zero attached hydrogens (tertiary/aromatic N) is 2. The number of carboxylic acid groups (broad SMARTS) is 1. The van der Waals surface area contributed by atoms with Gasteiger partial charge in [-0.3, -0.25) is 0 Å². The summed E-state index contributed by atoms with van der Waals surface area (Å²) in [5.41, 5.74) is 4.57. The van der Waals surface area contributed by atoms with Gasteiger partial charge in [0, 0.05) is 11.1 Å². The largest absolute Gasteiger partial charge is 0.490 e. The molecule has 0 unspecified atom stereocenters. The molecular formula is C19H10F7N3O3. The molecular weight excluding hydrogens is 451 g/mol. The maximum absolute atomic E-state index is 14.3. The van der Waals surface area contributed by atoms with Crippen molar-refractivity contribution in [2.24, 2.45) is 0 Å². The molecule has 0 fully saturated rings. The van der Waals surface area contributed by atoms with Crippen LogP contribution < -0.4 is 5.73 Å². The normalized spacial score (nSPS) is 11.3. The number of halogens is 7. The van der Waals surface area contributed by atoms with Crippen LogP contribution >= 0.6 is 0 Å². The molecule has 0 aliphatic heterocycles. The van der Waals surface area contributed by atoms with Crippen LogP contribution in [0.2, 0.25) is 0 Å². The molecule has 0 saturated heterocycles. The SMILES string of the molecule is N#Cc1c(-c2ccc(C(F)(F)F)cc2F)cc(-c2ccco2)nc1N.O=C(O)C(F)(F)F. The molecule has 2 heterocycles. The van der Waals surface area contributed by atoms with Gasteiger partial charge in [-0.2, -0.15) is 31.6 Å². The van der Waals surface area contributed by atoms with Crippen molar-refractivity contribution in [3.8, 4) is 28.7 Å². The van der Waals surface area contributed by atoms with Gasteiger partial charge in [0.2, 0.25) is 0 Å². The molecule has 6 nitrogen and oxygen atoms in total. The first kappa shape index (κ1) is 24.2. The number of carbonyl (C=O) groups is 1. The number of nitrogens with two attached hydrogens (primary N) is 1. The second-order valence-electron chi connectivity index (χ2n) is 5.90. The van der Waals surface area contributed by atoms with E-state index >= 15 is 0 Å². The van der Waals surface area contributed by atoms with Crippen molar-refractivity contribution in [2.45, 2.75) is 12.4 Å². The molecule has 3 rings (SSSR count). The van der Waals surface area contributed by atoms with Crippen LogP contribution in [-0.2, 0) is 11.0 Å². The third kappa shape index (κ3) is 5.54. The van der Waals surface area contributed by atoms with Gasteiger partial charge in [-0.1, -0.05) is 6.07 Å². The van der Waals surface area contributed by atoms with Gasteiger partial charge in [-0.15, -0.1) is 0 Å². The van der Waals surface area contributed by atoms with Crippen LogP contribution in [0.15, 0.2) is 47.1 Å². The quantitative estimate of drug-likeness (QED) is 0.504. The van der Waals surface area contributed by atoms with Crippen LogP contribution in [0.25, 0.3) is 22.6 Å². The number of nitriles is 1. The third-order valence-corrected chi connectivity index (χ3v) is 3.76. The van der Waals surface area contributed by atoms with Gasteiger partial charge in [-0.05, 0) is 30.3 Å². The lowest BCUT2D eigenvalue weighted by molar-refractivity contribution is -0.192. The highest BCUT2D eigenvalue weighted by Gasteiger charge is 2.38. The number of rotatable bonds is 2. The predicted octanol–water partition coefficient (Wildman–Crippen LogP) is 5.25. The summed E-state index contributed by atoms with van der Waals surface area (Å²) in [4.78, 5) is 12.9. The maximum Gasteiger partial charge on any atom is 0.490 e. The Balaban J connectivity index is 0.000000451. The highest BCUT2D eigenvalue weighted by Crippen LogP contribution is 2.36. The molecule has 0 radical (unpaired) electrons. The van der Waals surface area contributed by atoms with E-state index in [9.17, 15) is 36.0 Å². The number of alkyl halides is 6. The summed E-state index contributed by atoms with van der Waals surface area (Å²) < 4.78 is 89.3. The molecule has 32 heavy (non-hydrogen) atoms. The molecule has 0 atom stereocenters. The summed E-state index contributed by atoms with van der Waals surface area (Å²) in [7, 11) is 0. The lowest BCUT2D eigenvalue weighted by atomic mass is 9.98. The summed E-state index contributed by atoms with van der Waals surface area (Å²) in [6.45, 7) is 0. The number of benzene rings is 1. The monoisotopic (exact) mass is 461 g/mol. The summed E-state index contributed by atoms with van der Waals surface area (Å²) in [5.74, 6) is -3.73. The fraction of sp³-hybridized carbons (Fsp3) is 0.105. The van der Waals surface area contributed by atoms with E-state index in [0.29, 0.717) is 11.8 Å². The molecule has 3 aromatic rings. The smallest absolute Gasteiger partial charge is 0.475 e. The van der Waals surface area contributed by atoms with Crippen molar-refractivity contribution in [3.63, 3.8) is 0 Å². The molecule has 1 aromatic carbocycles. The zero-order valence-electron chi connectivity index (χ0n) is 15.4. The first-order valence-electron chi connectivity index (χ1n) is 8.17. The van der Waals surface area contributed by atoms with Gasteiger partial charge in [0.05, 0.1) is 11.8 Å². The lowest BCUT2D eigenvalue weighted by Gasteiger charge is -2.12. The number of carboxylic acids is 1. The van der Waals surface area contributed by atoms with Crippen LogP contribution in [0.5, 0.6) is 0 Å². The van der Waals surface area contributed by atoms with E-state index in [1.165, 1.54) is 12.3 Å². The van der Waals surface area contributed by atoms with Crippen LogP contribution in [0, 0.1) is 17.1 Å². The molecule has 3 N–H and O–H groups in total. The van der Waals surface area contributed by atoms with Crippen molar-refractivity contribution in [1.82, 2.24) is 4.98 Å². The van der Waals surface area contributed by atoms with Crippen LogP contribution in [0.1, 0.15) is 11.1 Å². The number of furan rings is 1. The zero-order chi connectivity index (χ0) is 24.3. The van der Waals surface area contributed by atoms with Gasteiger partial charge in [0.15, 0.2) is 5.76 Å². The van der Waals surface area contributed by atoms with E-state index in [4.69, 9.17) is 20.1 Å². The number of pyridine rings is 1. The Morgan fingerprint density at radius 1 is 1.09 bits per heavy atom. The Morgan fingerprint density at radius 2 is 1.72 bits per heavy atom. The number of nitrogen functional groups attached to an aromatic ring is 1. The summed E-state index contributed by atoms with van der Waals surface area (Å²) in [6, 6.07) is 8.40. The number of aliphatic carboxylic acids is 1. The second kappa shape index (κ2) is 8.96. The predicted molar refractivity (Wildman–Crippen MR) is 95.2 cm³/mol. The average Bonchev–Trinajstić information content (AvgIpc) is 3.21. The Bertz CT molecular complexity index is 1160. The van der Waals surface area contributed by atoms with Gasteiger partial charge in [0.1, 0.15) is 29.0 Å². The Labute approximate surface area is 174 Å². The van der Waals surface area contributed by atoms with E-state index in [2.05, 4.69) is 4.98 Å². The maximum atomic E-state index is 14.3. The summed E-state index contributed by atoms with van der Waals surface area (Å²) in [6.07, 6.45) is -8.36. The van der Waals surface area contributed by atoms with Gasteiger partial charge in [-0.25, -0.2) is 14.2 Å². The van der Waals surface area contributed by atoms with E-state index in [1.54, 1.807) is 18.2 Å². The molecule has 168 valence electrons. The van der Waals surface area contributed by atoms with Crippen molar-refractivity contribution in [3.05, 3.63) is 59.6 Å². The van der Waals surface area contributed by atoms with Crippen molar-refractivity contribution < 1.29 is 45.1 Å². The standard InChI is InChI=1S/C17H9F4N3O.C2HF3O2/c18-13-6-9(17(19,20)21)3-4-10(13)11-7-14(15-2-1-5-25-15)24-16(23)12(11)8-22;3-2(4,5)1(6)7/h1-7H,(H2,23,24);(H,6,7). The highest BCUT2D eigenvalue weighted by atomic mass is 19.4. The molecule has 0 aliphatic rings. The molecule has 0 spiro atoms. The highest BCUT2D eigenvalue weighted by molar-refractivity contribution is 5.79. The zero-order valence-corrected chi connectivity index (χ0v) is 15.4. The fourth-order valence-electron chi connectivity index (χ4n) is 2.36. The average molecular weight is 461 g/mol. The number of hydrogen-bond acceptors (Lipinski definition) is 5. The summed E-state index contributed by atoms with van der Waals surface area (Å²) >= 11 is 0. The Hall–Kier alpha value is -4.08. The topological polar surface area (TPSA) is 113 Å². The Kier molecular flexibility index (Phi) is 6.78. The fourth-order valence-corrected chi connectivity index (χ4v) is 2.36. The van der Waals surface area contributed by atoms with Gasteiger partial charge in [0.25, 0.3) is 0 Å². The number of aromatic nitrogens is 1. The minimum Gasteiger partial charge on any atom is -0.475 e.